The van der Waals surface area contributed by atoms with E-state index in [2.05, 4.69) is 25.6 Å². The number of nitro groups is 1. The van der Waals surface area contributed by atoms with Gasteiger partial charge in [-0.3, -0.25) is 15.1 Å². The Kier molecular flexibility index (Phi) is 5.73. The summed E-state index contributed by atoms with van der Waals surface area (Å²) < 4.78 is 13.6. The highest BCUT2D eigenvalue weighted by Gasteiger charge is 2.15. The first-order valence-corrected chi connectivity index (χ1v) is 8.74. The Morgan fingerprint density at radius 2 is 2.00 bits per heavy atom. The molecule has 0 spiro atoms. The second kappa shape index (κ2) is 8.38. The molecule has 0 saturated carbocycles. The Morgan fingerprint density at radius 1 is 1.18 bits per heavy atom. The fraction of sp³-hybridized carbons (Fsp3) is 0.211. The average molecular weight is 382 g/mol. The third-order valence-electron chi connectivity index (χ3n) is 4.06. The summed E-state index contributed by atoms with van der Waals surface area (Å²) in [5, 5.41) is 17.2. The summed E-state index contributed by atoms with van der Waals surface area (Å²) in [5.74, 6) is -0.0921. The van der Waals surface area contributed by atoms with Crippen molar-refractivity contribution >= 4 is 23.1 Å². The number of aromatic nitrogens is 3. The van der Waals surface area contributed by atoms with Gasteiger partial charge in [-0.25, -0.2) is 4.98 Å². The molecule has 28 heavy (non-hydrogen) atoms. The Morgan fingerprint density at radius 3 is 2.68 bits per heavy atom. The van der Waals surface area contributed by atoms with Gasteiger partial charge in [-0.1, -0.05) is 13.0 Å². The quantitative estimate of drug-likeness (QED) is 0.456. The summed E-state index contributed by atoms with van der Waals surface area (Å²) >= 11 is 0. The molecular weight excluding hydrogens is 363 g/mol. The van der Waals surface area contributed by atoms with Gasteiger partial charge in [0.25, 0.3) is 0 Å². The molecule has 0 aliphatic carbocycles. The van der Waals surface area contributed by atoms with Crippen LogP contribution in [-0.4, -0.2) is 25.9 Å². The molecule has 1 atom stereocenters. The SMILES string of the molecule is CC[C@@H](C)Nc1nc(Nc2ccc(F)c([N+](=O)[O-])c2)cc(-c2ccccn2)n1. The third-order valence-corrected chi connectivity index (χ3v) is 4.06. The lowest BCUT2D eigenvalue weighted by Gasteiger charge is -2.14. The molecule has 9 heteroatoms. The minimum absolute atomic E-state index is 0.152. The number of nitro benzene ring substituents is 1. The topological polar surface area (TPSA) is 106 Å². The predicted octanol–water partition coefficient (Wildman–Crippen LogP) is 4.54. The normalized spacial score (nSPS) is 11.7. The van der Waals surface area contributed by atoms with E-state index in [-0.39, 0.29) is 6.04 Å². The van der Waals surface area contributed by atoms with Crippen LogP contribution in [0.25, 0.3) is 11.4 Å². The molecule has 0 amide bonds. The van der Waals surface area contributed by atoms with Crippen LogP contribution in [0.1, 0.15) is 20.3 Å². The van der Waals surface area contributed by atoms with Gasteiger partial charge >= 0.3 is 5.69 Å². The summed E-state index contributed by atoms with van der Waals surface area (Å²) in [6, 6.07) is 10.9. The zero-order valence-corrected chi connectivity index (χ0v) is 15.4. The smallest absolute Gasteiger partial charge is 0.306 e. The monoisotopic (exact) mass is 382 g/mol. The van der Waals surface area contributed by atoms with E-state index in [0.29, 0.717) is 28.8 Å². The van der Waals surface area contributed by atoms with E-state index in [0.717, 1.165) is 18.6 Å². The number of hydrogen-bond donors (Lipinski definition) is 2. The lowest BCUT2D eigenvalue weighted by Crippen LogP contribution is -2.16. The molecule has 0 aliphatic heterocycles. The van der Waals surface area contributed by atoms with Gasteiger partial charge in [0.15, 0.2) is 0 Å². The predicted molar refractivity (Wildman–Crippen MR) is 105 cm³/mol. The van der Waals surface area contributed by atoms with Crippen molar-refractivity contribution in [1.29, 1.82) is 0 Å². The van der Waals surface area contributed by atoms with Gasteiger partial charge in [0.2, 0.25) is 11.8 Å². The number of pyridine rings is 1. The number of benzene rings is 1. The van der Waals surface area contributed by atoms with Crippen LogP contribution in [0, 0.1) is 15.9 Å². The van der Waals surface area contributed by atoms with Crippen molar-refractivity contribution in [1.82, 2.24) is 15.0 Å². The zero-order valence-electron chi connectivity index (χ0n) is 15.4. The van der Waals surface area contributed by atoms with Crippen molar-refractivity contribution in [3.63, 3.8) is 0 Å². The molecule has 0 aliphatic rings. The van der Waals surface area contributed by atoms with E-state index in [1.165, 1.54) is 6.07 Å². The lowest BCUT2D eigenvalue weighted by atomic mass is 10.2. The first kappa shape index (κ1) is 19.2. The second-order valence-corrected chi connectivity index (χ2v) is 6.18. The van der Waals surface area contributed by atoms with E-state index < -0.39 is 16.4 Å². The van der Waals surface area contributed by atoms with Crippen molar-refractivity contribution in [3.05, 3.63) is 64.6 Å². The first-order chi connectivity index (χ1) is 13.5. The number of nitrogens with one attached hydrogen (secondary N) is 2. The van der Waals surface area contributed by atoms with Gasteiger partial charge < -0.3 is 10.6 Å². The number of hydrogen-bond acceptors (Lipinski definition) is 7. The lowest BCUT2D eigenvalue weighted by molar-refractivity contribution is -0.387. The van der Waals surface area contributed by atoms with Crippen LogP contribution in [0.15, 0.2) is 48.7 Å². The van der Waals surface area contributed by atoms with E-state index in [9.17, 15) is 14.5 Å². The number of nitrogens with zero attached hydrogens (tertiary/aromatic N) is 4. The molecule has 2 heterocycles. The van der Waals surface area contributed by atoms with Gasteiger partial charge in [-0.15, -0.1) is 0 Å². The van der Waals surface area contributed by atoms with E-state index in [4.69, 9.17) is 0 Å². The van der Waals surface area contributed by atoms with Crippen LogP contribution in [0.5, 0.6) is 0 Å². The van der Waals surface area contributed by atoms with E-state index in [1.807, 2.05) is 26.0 Å². The van der Waals surface area contributed by atoms with Crippen molar-refractivity contribution in [2.24, 2.45) is 0 Å². The van der Waals surface area contributed by atoms with Crippen molar-refractivity contribution in [2.75, 3.05) is 10.6 Å². The molecule has 3 rings (SSSR count). The number of halogens is 1. The fourth-order valence-electron chi connectivity index (χ4n) is 2.42. The Labute approximate surface area is 161 Å². The molecule has 0 fully saturated rings. The molecule has 0 unspecified atom stereocenters. The largest absolute Gasteiger partial charge is 0.352 e. The standard InChI is InChI=1S/C19H19FN6O2/c1-3-12(2)22-19-24-16(15-6-4-5-9-21-15)11-18(25-19)23-13-7-8-14(20)17(10-13)26(27)28/h4-12H,3H2,1-2H3,(H2,22,23,24,25)/t12-/m1/s1. The van der Waals surface area contributed by atoms with Gasteiger partial charge in [0.05, 0.1) is 16.3 Å². The van der Waals surface area contributed by atoms with Crippen molar-refractivity contribution in [3.8, 4) is 11.4 Å². The molecule has 0 radical (unpaired) electrons. The fourth-order valence-corrected chi connectivity index (χ4v) is 2.42. The third kappa shape index (κ3) is 4.56. The van der Waals surface area contributed by atoms with Crippen LogP contribution >= 0.6 is 0 Å². The van der Waals surface area contributed by atoms with E-state index >= 15 is 0 Å². The van der Waals surface area contributed by atoms with Gasteiger partial charge in [-0.05, 0) is 37.6 Å². The number of anilines is 3. The highest BCUT2D eigenvalue weighted by atomic mass is 19.1. The van der Waals surface area contributed by atoms with Crippen molar-refractivity contribution in [2.45, 2.75) is 26.3 Å². The summed E-state index contributed by atoms with van der Waals surface area (Å²) in [6.45, 7) is 4.05. The molecule has 2 aromatic heterocycles. The molecule has 144 valence electrons. The van der Waals surface area contributed by atoms with Gasteiger partial charge in [0.1, 0.15) is 5.82 Å². The van der Waals surface area contributed by atoms with Crippen LogP contribution in [-0.2, 0) is 0 Å². The molecule has 0 bridgehead atoms. The van der Waals surface area contributed by atoms with Crippen LogP contribution in [0.2, 0.25) is 0 Å². The highest BCUT2D eigenvalue weighted by Crippen LogP contribution is 2.26. The van der Waals surface area contributed by atoms with Crippen LogP contribution < -0.4 is 10.6 Å². The van der Waals surface area contributed by atoms with Gasteiger partial charge in [0, 0.05) is 30.1 Å². The Bertz CT molecular complexity index is 983. The van der Waals surface area contributed by atoms with Crippen LogP contribution in [0.4, 0.5) is 27.5 Å². The minimum atomic E-state index is -0.897. The summed E-state index contributed by atoms with van der Waals surface area (Å²) in [4.78, 5) is 23.4. The van der Waals surface area contributed by atoms with Gasteiger partial charge in [-0.2, -0.15) is 9.37 Å². The summed E-state index contributed by atoms with van der Waals surface area (Å²) in [7, 11) is 0. The highest BCUT2D eigenvalue weighted by molar-refractivity contribution is 5.66. The van der Waals surface area contributed by atoms with E-state index in [1.54, 1.807) is 18.3 Å². The molecule has 0 saturated heterocycles. The Balaban J connectivity index is 1.98. The molecule has 8 nitrogen and oxygen atoms in total. The van der Waals surface area contributed by atoms with Crippen molar-refractivity contribution < 1.29 is 9.31 Å². The molecule has 2 N–H and O–H groups in total. The maximum absolute atomic E-state index is 13.6. The first-order valence-electron chi connectivity index (χ1n) is 8.74. The maximum atomic E-state index is 13.6. The molecule has 3 aromatic rings. The average Bonchev–Trinajstić information content (AvgIpc) is 2.69. The summed E-state index contributed by atoms with van der Waals surface area (Å²) in [6.07, 6.45) is 2.54. The minimum Gasteiger partial charge on any atom is -0.352 e. The Hall–Kier alpha value is -3.62. The second-order valence-electron chi connectivity index (χ2n) is 6.18. The van der Waals surface area contributed by atoms with Crippen LogP contribution in [0.3, 0.4) is 0 Å². The molecule has 1 aromatic carbocycles. The maximum Gasteiger partial charge on any atom is 0.306 e. The zero-order chi connectivity index (χ0) is 20.1. The summed E-state index contributed by atoms with van der Waals surface area (Å²) in [5.41, 5.74) is 0.973. The number of rotatable bonds is 7. The molecular formula is C19H19FN6O2.